The maximum atomic E-state index is 13.3. The molecule has 1 saturated heterocycles. The van der Waals surface area contributed by atoms with Crippen LogP contribution >= 0.6 is 11.6 Å². The molecule has 0 bridgehead atoms. The van der Waals surface area contributed by atoms with Gasteiger partial charge in [0.05, 0.1) is 17.8 Å². The van der Waals surface area contributed by atoms with Gasteiger partial charge >= 0.3 is 0 Å². The maximum Gasteiger partial charge on any atom is 0.254 e. The van der Waals surface area contributed by atoms with Crippen LogP contribution in [0.25, 0.3) is 11.3 Å². The van der Waals surface area contributed by atoms with E-state index in [9.17, 15) is 9.59 Å². The average molecular weight is 522 g/mol. The van der Waals surface area contributed by atoms with Gasteiger partial charge in [0, 0.05) is 43.3 Å². The molecule has 194 valence electrons. The van der Waals surface area contributed by atoms with Gasteiger partial charge in [-0.3, -0.25) is 9.59 Å². The molecule has 2 amide bonds. The van der Waals surface area contributed by atoms with E-state index in [2.05, 4.69) is 15.1 Å². The van der Waals surface area contributed by atoms with Crippen molar-refractivity contribution in [1.29, 1.82) is 0 Å². The van der Waals surface area contributed by atoms with E-state index in [4.69, 9.17) is 16.3 Å². The third kappa shape index (κ3) is 6.20. The second-order valence-corrected chi connectivity index (χ2v) is 9.45. The number of hydrogen-bond donors (Lipinski definition) is 0. The topological polar surface area (TPSA) is 78.9 Å². The normalized spacial score (nSPS) is 14.3. The monoisotopic (exact) mass is 521 g/mol. The zero-order valence-electron chi connectivity index (χ0n) is 21.4. The van der Waals surface area contributed by atoms with E-state index in [0.717, 1.165) is 17.8 Å². The average Bonchev–Trinajstić information content (AvgIpc) is 2.95. The van der Waals surface area contributed by atoms with Crippen LogP contribution in [0.15, 0.2) is 60.7 Å². The van der Waals surface area contributed by atoms with Gasteiger partial charge in [-0.15, -0.1) is 10.2 Å². The lowest BCUT2D eigenvalue weighted by Gasteiger charge is -2.37. The summed E-state index contributed by atoms with van der Waals surface area (Å²) in [6.45, 7) is 6.39. The van der Waals surface area contributed by atoms with Crippen molar-refractivity contribution in [3.63, 3.8) is 0 Å². The molecule has 0 unspecified atom stereocenters. The predicted molar refractivity (Wildman–Crippen MR) is 145 cm³/mol. The highest BCUT2D eigenvalue weighted by Gasteiger charge is 2.28. The van der Waals surface area contributed by atoms with Gasteiger partial charge in [-0.1, -0.05) is 42.8 Å². The number of hydrogen-bond acceptors (Lipinski definition) is 6. The van der Waals surface area contributed by atoms with Crippen molar-refractivity contribution in [2.45, 2.75) is 26.3 Å². The van der Waals surface area contributed by atoms with Crippen molar-refractivity contribution in [2.75, 3.05) is 44.7 Å². The van der Waals surface area contributed by atoms with E-state index in [1.165, 1.54) is 0 Å². The van der Waals surface area contributed by atoms with Crippen LogP contribution in [0.2, 0.25) is 5.02 Å². The van der Waals surface area contributed by atoms with Crippen LogP contribution in [0, 0.1) is 0 Å². The first kappa shape index (κ1) is 26.4. The second-order valence-electron chi connectivity index (χ2n) is 9.05. The Morgan fingerprint density at radius 3 is 2.43 bits per heavy atom. The minimum Gasteiger partial charge on any atom is -0.497 e. The standard InChI is InChI=1S/C28H32ClN5O3/c1-4-20(2)34(28(36)21-8-7-9-22(18-21)37-3)19-27(35)33-16-14-32(15-17-33)26-13-12-25(30-31-26)23-10-5-6-11-24(23)29/h5-13,18,20H,4,14-17,19H2,1-3H3/t20-/m1/s1. The highest BCUT2D eigenvalue weighted by Crippen LogP contribution is 2.26. The van der Waals surface area contributed by atoms with Crippen LogP contribution in [0.5, 0.6) is 5.75 Å². The molecule has 0 aliphatic carbocycles. The Bertz CT molecular complexity index is 1230. The molecule has 0 spiro atoms. The van der Waals surface area contributed by atoms with Crippen molar-refractivity contribution in [2.24, 2.45) is 0 Å². The first-order valence-corrected chi connectivity index (χ1v) is 12.9. The first-order chi connectivity index (χ1) is 17.9. The molecular weight excluding hydrogens is 490 g/mol. The number of halogens is 1. The van der Waals surface area contributed by atoms with Crippen LogP contribution in [-0.4, -0.2) is 77.7 Å². The van der Waals surface area contributed by atoms with Gasteiger partial charge in [0.15, 0.2) is 5.82 Å². The summed E-state index contributed by atoms with van der Waals surface area (Å²) in [5, 5.41) is 9.38. The molecule has 2 heterocycles. The molecule has 0 radical (unpaired) electrons. The fraction of sp³-hybridized carbons (Fsp3) is 0.357. The van der Waals surface area contributed by atoms with Crippen molar-refractivity contribution in [3.8, 4) is 17.0 Å². The molecule has 1 aliphatic heterocycles. The smallest absolute Gasteiger partial charge is 0.254 e. The number of ether oxygens (including phenoxy) is 1. The number of rotatable bonds is 8. The van der Waals surface area contributed by atoms with Gasteiger partial charge in [0.25, 0.3) is 5.91 Å². The number of carbonyl (C=O) groups is 2. The van der Waals surface area contributed by atoms with Crippen molar-refractivity contribution in [3.05, 3.63) is 71.2 Å². The van der Waals surface area contributed by atoms with Gasteiger partial charge in [-0.25, -0.2) is 0 Å². The Morgan fingerprint density at radius 1 is 1.03 bits per heavy atom. The second kappa shape index (κ2) is 12.1. The van der Waals surface area contributed by atoms with Gasteiger partial charge < -0.3 is 19.4 Å². The fourth-order valence-corrected chi connectivity index (χ4v) is 4.54. The van der Waals surface area contributed by atoms with Crippen LogP contribution in [0.4, 0.5) is 5.82 Å². The van der Waals surface area contributed by atoms with Crippen molar-refractivity contribution >= 4 is 29.2 Å². The fourth-order valence-electron chi connectivity index (χ4n) is 4.31. The van der Waals surface area contributed by atoms with E-state index in [0.29, 0.717) is 48.2 Å². The third-order valence-corrected chi connectivity index (χ3v) is 7.09. The number of aromatic nitrogens is 2. The molecule has 3 aromatic rings. The van der Waals surface area contributed by atoms with Crippen LogP contribution < -0.4 is 9.64 Å². The molecule has 1 aliphatic rings. The molecule has 8 nitrogen and oxygen atoms in total. The number of benzene rings is 2. The number of methoxy groups -OCH3 is 1. The molecule has 1 aromatic heterocycles. The zero-order valence-corrected chi connectivity index (χ0v) is 22.2. The zero-order chi connectivity index (χ0) is 26.4. The SMILES string of the molecule is CC[C@@H](C)N(CC(=O)N1CCN(c2ccc(-c3ccccc3Cl)nn2)CC1)C(=O)c1cccc(OC)c1. The summed E-state index contributed by atoms with van der Waals surface area (Å²) < 4.78 is 5.26. The van der Waals surface area contributed by atoms with E-state index in [1.807, 2.05) is 55.1 Å². The van der Waals surface area contributed by atoms with E-state index in [1.54, 1.807) is 36.3 Å². The van der Waals surface area contributed by atoms with Gasteiger partial charge in [-0.2, -0.15) is 0 Å². The lowest BCUT2D eigenvalue weighted by molar-refractivity contribution is -0.132. The molecule has 0 N–H and O–H groups in total. The minimum atomic E-state index is -0.172. The Morgan fingerprint density at radius 2 is 1.78 bits per heavy atom. The van der Waals surface area contributed by atoms with Gasteiger partial charge in [-0.05, 0) is 49.7 Å². The van der Waals surface area contributed by atoms with E-state index < -0.39 is 0 Å². The van der Waals surface area contributed by atoms with Crippen LogP contribution in [-0.2, 0) is 4.79 Å². The third-order valence-electron chi connectivity index (χ3n) is 6.76. The van der Waals surface area contributed by atoms with E-state index >= 15 is 0 Å². The highest BCUT2D eigenvalue weighted by atomic mass is 35.5. The van der Waals surface area contributed by atoms with Crippen LogP contribution in [0.3, 0.4) is 0 Å². The predicted octanol–water partition coefficient (Wildman–Crippen LogP) is 4.40. The lowest BCUT2D eigenvalue weighted by Crippen LogP contribution is -2.53. The highest BCUT2D eigenvalue weighted by molar-refractivity contribution is 6.33. The number of carbonyl (C=O) groups excluding carboxylic acids is 2. The van der Waals surface area contributed by atoms with Crippen molar-refractivity contribution in [1.82, 2.24) is 20.0 Å². The Kier molecular flexibility index (Phi) is 8.61. The summed E-state index contributed by atoms with van der Waals surface area (Å²) in [6, 6.07) is 18.3. The number of amides is 2. The molecule has 1 fully saturated rings. The molecule has 2 aromatic carbocycles. The summed E-state index contributed by atoms with van der Waals surface area (Å²) in [7, 11) is 1.57. The molecule has 1 atom stereocenters. The summed E-state index contributed by atoms with van der Waals surface area (Å²) >= 11 is 6.28. The molecule has 9 heteroatoms. The minimum absolute atomic E-state index is 0.0391. The van der Waals surface area contributed by atoms with Gasteiger partial charge in [0.2, 0.25) is 5.91 Å². The van der Waals surface area contributed by atoms with Crippen LogP contribution in [0.1, 0.15) is 30.6 Å². The Balaban J connectivity index is 1.37. The van der Waals surface area contributed by atoms with Crippen molar-refractivity contribution < 1.29 is 14.3 Å². The van der Waals surface area contributed by atoms with E-state index in [-0.39, 0.29) is 24.4 Å². The summed E-state index contributed by atoms with van der Waals surface area (Å²) in [5.74, 6) is 1.14. The molecule has 4 rings (SSSR count). The quantitative estimate of drug-likeness (QED) is 0.437. The largest absolute Gasteiger partial charge is 0.497 e. The Labute approximate surface area is 222 Å². The summed E-state index contributed by atoms with van der Waals surface area (Å²) in [6.07, 6.45) is 0.750. The number of nitrogens with zero attached hydrogens (tertiary/aromatic N) is 5. The Hall–Kier alpha value is -3.65. The summed E-state index contributed by atoms with van der Waals surface area (Å²) in [4.78, 5) is 32.1. The molecule has 0 saturated carbocycles. The number of piperazine rings is 1. The number of anilines is 1. The maximum absolute atomic E-state index is 13.3. The first-order valence-electron chi connectivity index (χ1n) is 12.5. The molecule has 37 heavy (non-hydrogen) atoms. The lowest BCUT2D eigenvalue weighted by atomic mass is 10.1. The van der Waals surface area contributed by atoms with Gasteiger partial charge in [0.1, 0.15) is 12.3 Å². The summed E-state index contributed by atoms with van der Waals surface area (Å²) in [5.41, 5.74) is 2.07. The molecular formula is C28H32ClN5O3.